The minimum atomic E-state index is 0.252. The Hall–Kier alpha value is -0.760. The fourth-order valence-corrected chi connectivity index (χ4v) is 2.08. The summed E-state index contributed by atoms with van der Waals surface area (Å²) in [5.74, 6) is 1.84. The van der Waals surface area contributed by atoms with Crippen LogP contribution in [0.25, 0.3) is 0 Å². The molecule has 0 bridgehead atoms. The van der Waals surface area contributed by atoms with Crippen LogP contribution < -0.4 is 0 Å². The Morgan fingerprint density at radius 2 is 1.73 bits per heavy atom. The normalized spacial score (nSPS) is 10.4. The molecule has 1 nitrogen and oxygen atoms in total. The van der Waals surface area contributed by atoms with E-state index in [2.05, 4.69) is 26.8 Å². The molecule has 0 aliphatic carbocycles. The molecular formula is C13H18OS. The van der Waals surface area contributed by atoms with Crippen LogP contribution in [0.3, 0.4) is 0 Å². The summed E-state index contributed by atoms with van der Waals surface area (Å²) in [4.78, 5) is 11.9. The summed E-state index contributed by atoms with van der Waals surface area (Å²) in [6.07, 6.45) is 0. The lowest BCUT2D eigenvalue weighted by molar-refractivity contribution is 0.102. The Morgan fingerprint density at radius 3 is 2.33 bits per heavy atom. The third kappa shape index (κ3) is 3.10. The predicted molar refractivity (Wildman–Crippen MR) is 68.0 cm³/mol. The number of ketones is 1. The molecule has 0 unspecified atom stereocenters. The number of thioether (sulfide) groups is 1. The second-order valence-electron chi connectivity index (χ2n) is 3.81. The van der Waals surface area contributed by atoms with Gasteiger partial charge in [0.1, 0.15) is 0 Å². The van der Waals surface area contributed by atoms with Crippen LogP contribution in [0.5, 0.6) is 0 Å². The third-order valence-electron chi connectivity index (χ3n) is 2.58. The lowest BCUT2D eigenvalue weighted by Gasteiger charge is -2.08. The summed E-state index contributed by atoms with van der Waals surface area (Å²) < 4.78 is 0. The highest BCUT2D eigenvalue weighted by Gasteiger charge is 2.09. The molecule has 0 aliphatic heterocycles. The number of carbonyl (C=O) groups excluding carboxylic acids is 1. The van der Waals surface area contributed by atoms with Crippen LogP contribution in [0.1, 0.15) is 34.0 Å². The van der Waals surface area contributed by atoms with Gasteiger partial charge in [0, 0.05) is 5.56 Å². The van der Waals surface area contributed by atoms with Gasteiger partial charge in [0.25, 0.3) is 0 Å². The molecule has 1 aromatic carbocycles. The zero-order valence-electron chi connectivity index (χ0n) is 9.89. The van der Waals surface area contributed by atoms with E-state index < -0.39 is 0 Å². The van der Waals surface area contributed by atoms with Crippen molar-refractivity contribution in [3.63, 3.8) is 0 Å². The first-order valence-electron chi connectivity index (χ1n) is 5.25. The van der Waals surface area contributed by atoms with E-state index in [4.69, 9.17) is 0 Å². The largest absolute Gasteiger partial charge is 0.293 e. The third-order valence-corrected chi connectivity index (χ3v) is 3.45. The molecule has 0 N–H and O–H groups in total. The summed E-state index contributed by atoms with van der Waals surface area (Å²) in [5.41, 5.74) is 4.44. The van der Waals surface area contributed by atoms with Crippen molar-refractivity contribution in [2.75, 3.05) is 11.5 Å². The summed E-state index contributed by atoms with van der Waals surface area (Å²) in [5, 5.41) is 0. The molecule has 0 spiro atoms. The minimum Gasteiger partial charge on any atom is -0.293 e. The molecule has 15 heavy (non-hydrogen) atoms. The first-order chi connectivity index (χ1) is 7.06. The van der Waals surface area contributed by atoms with E-state index in [9.17, 15) is 4.79 Å². The quantitative estimate of drug-likeness (QED) is 0.725. The maximum Gasteiger partial charge on any atom is 0.172 e. The van der Waals surface area contributed by atoms with Gasteiger partial charge in [-0.15, -0.1) is 0 Å². The van der Waals surface area contributed by atoms with Crippen LogP contribution in [-0.2, 0) is 0 Å². The molecule has 1 rings (SSSR count). The minimum absolute atomic E-state index is 0.252. The van der Waals surface area contributed by atoms with Crippen molar-refractivity contribution in [3.8, 4) is 0 Å². The van der Waals surface area contributed by atoms with E-state index in [0.29, 0.717) is 5.75 Å². The molecule has 0 fully saturated rings. The van der Waals surface area contributed by atoms with Crippen LogP contribution in [-0.4, -0.2) is 17.3 Å². The predicted octanol–water partition coefficient (Wildman–Crippen LogP) is 3.55. The number of hydrogen-bond acceptors (Lipinski definition) is 2. The van der Waals surface area contributed by atoms with Gasteiger partial charge in [0.15, 0.2) is 5.78 Å². The van der Waals surface area contributed by atoms with Crippen LogP contribution >= 0.6 is 11.8 Å². The number of rotatable bonds is 4. The molecule has 0 atom stereocenters. The maximum absolute atomic E-state index is 11.9. The van der Waals surface area contributed by atoms with Crippen molar-refractivity contribution < 1.29 is 4.79 Å². The van der Waals surface area contributed by atoms with E-state index in [0.717, 1.165) is 16.9 Å². The molecule has 0 aromatic heterocycles. The Kier molecular flexibility index (Phi) is 4.40. The monoisotopic (exact) mass is 222 g/mol. The topological polar surface area (TPSA) is 17.1 Å². The lowest BCUT2D eigenvalue weighted by Crippen LogP contribution is -2.06. The summed E-state index contributed by atoms with van der Waals surface area (Å²) in [6.45, 7) is 8.22. The van der Waals surface area contributed by atoms with Crippen LogP contribution in [0, 0.1) is 20.8 Å². The molecule has 0 heterocycles. The maximum atomic E-state index is 11.9. The highest BCUT2D eigenvalue weighted by molar-refractivity contribution is 7.99. The summed E-state index contributed by atoms with van der Waals surface area (Å²) in [7, 11) is 0. The number of hydrogen-bond donors (Lipinski definition) is 0. The second-order valence-corrected chi connectivity index (χ2v) is 5.09. The first-order valence-corrected chi connectivity index (χ1v) is 6.40. The van der Waals surface area contributed by atoms with Crippen molar-refractivity contribution in [2.45, 2.75) is 27.7 Å². The molecule has 0 saturated heterocycles. The van der Waals surface area contributed by atoms with Crippen molar-refractivity contribution >= 4 is 17.5 Å². The second kappa shape index (κ2) is 5.36. The zero-order valence-corrected chi connectivity index (χ0v) is 10.7. The van der Waals surface area contributed by atoms with Crippen molar-refractivity contribution in [3.05, 3.63) is 34.4 Å². The molecule has 82 valence electrons. The molecule has 0 radical (unpaired) electrons. The van der Waals surface area contributed by atoms with Gasteiger partial charge in [-0.2, -0.15) is 11.8 Å². The van der Waals surface area contributed by atoms with Gasteiger partial charge in [0.05, 0.1) is 5.75 Å². The van der Waals surface area contributed by atoms with Crippen molar-refractivity contribution in [1.29, 1.82) is 0 Å². The Bertz CT molecular complexity index is 369. The zero-order chi connectivity index (χ0) is 11.4. The van der Waals surface area contributed by atoms with E-state index in [1.54, 1.807) is 11.8 Å². The SMILES string of the molecule is CCSCC(=O)c1cc(C)c(C)cc1C. The number of benzene rings is 1. The Balaban J connectivity index is 2.94. The number of carbonyl (C=O) groups is 1. The molecule has 0 saturated carbocycles. The number of aryl methyl sites for hydroxylation is 3. The molecule has 0 amide bonds. The fourth-order valence-electron chi connectivity index (χ4n) is 1.53. The van der Waals surface area contributed by atoms with Gasteiger partial charge >= 0.3 is 0 Å². The van der Waals surface area contributed by atoms with E-state index >= 15 is 0 Å². The standard InChI is InChI=1S/C13H18OS/c1-5-15-8-13(14)12-7-10(3)9(2)6-11(12)4/h6-7H,5,8H2,1-4H3. The van der Waals surface area contributed by atoms with Crippen LogP contribution in [0.2, 0.25) is 0 Å². The van der Waals surface area contributed by atoms with Gasteiger partial charge in [-0.1, -0.05) is 13.0 Å². The molecule has 0 aliphatic rings. The van der Waals surface area contributed by atoms with Crippen molar-refractivity contribution in [2.24, 2.45) is 0 Å². The fraction of sp³-hybridized carbons (Fsp3) is 0.462. The average Bonchev–Trinajstić information content (AvgIpc) is 2.20. The molecule has 1 aromatic rings. The highest BCUT2D eigenvalue weighted by Crippen LogP contribution is 2.17. The first kappa shape index (κ1) is 12.3. The molecule has 2 heteroatoms. The molecular weight excluding hydrogens is 204 g/mol. The van der Waals surface area contributed by atoms with Gasteiger partial charge in [-0.25, -0.2) is 0 Å². The Labute approximate surface area is 96.3 Å². The Morgan fingerprint density at radius 1 is 1.13 bits per heavy atom. The summed E-state index contributed by atoms with van der Waals surface area (Å²) in [6, 6.07) is 4.11. The van der Waals surface area contributed by atoms with Gasteiger partial charge in [-0.3, -0.25) is 4.79 Å². The van der Waals surface area contributed by atoms with Crippen molar-refractivity contribution in [1.82, 2.24) is 0 Å². The van der Waals surface area contributed by atoms with E-state index in [1.807, 2.05) is 13.0 Å². The summed E-state index contributed by atoms with van der Waals surface area (Å²) >= 11 is 1.68. The van der Waals surface area contributed by atoms with Gasteiger partial charge in [0.2, 0.25) is 0 Å². The highest BCUT2D eigenvalue weighted by atomic mass is 32.2. The van der Waals surface area contributed by atoms with Crippen LogP contribution in [0.4, 0.5) is 0 Å². The van der Waals surface area contributed by atoms with Crippen LogP contribution in [0.15, 0.2) is 12.1 Å². The van der Waals surface area contributed by atoms with Gasteiger partial charge in [-0.05, 0) is 49.3 Å². The lowest BCUT2D eigenvalue weighted by atomic mass is 9.99. The smallest absolute Gasteiger partial charge is 0.172 e. The number of Topliss-reactive ketones (excluding diaryl/α,β-unsaturated/α-hetero) is 1. The van der Waals surface area contributed by atoms with E-state index in [1.165, 1.54) is 11.1 Å². The van der Waals surface area contributed by atoms with Gasteiger partial charge < -0.3 is 0 Å². The van der Waals surface area contributed by atoms with E-state index in [-0.39, 0.29) is 5.78 Å². The average molecular weight is 222 g/mol.